The Morgan fingerprint density at radius 1 is 1.35 bits per heavy atom. The number of nitrogens with zero attached hydrogens (tertiary/aromatic N) is 1. The van der Waals surface area contributed by atoms with Crippen LogP contribution in [0.4, 0.5) is 5.69 Å². The fourth-order valence-corrected chi connectivity index (χ4v) is 1.74. The molecule has 0 aromatic heterocycles. The number of rotatable bonds is 8. The molecule has 1 aromatic carbocycles. The van der Waals surface area contributed by atoms with E-state index < -0.39 is 22.9 Å². The van der Waals surface area contributed by atoms with Gasteiger partial charge in [0.1, 0.15) is 0 Å². The molecule has 0 aliphatic heterocycles. The maximum atomic E-state index is 12.0. The molecule has 0 bridgehead atoms. The van der Waals surface area contributed by atoms with Crippen molar-refractivity contribution in [1.82, 2.24) is 5.32 Å². The molecule has 8 heteroatoms. The van der Waals surface area contributed by atoms with Crippen molar-refractivity contribution in [2.75, 3.05) is 13.2 Å². The summed E-state index contributed by atoms with van der Waals surface area (Å²) in [6.07, 6.45) is -0.225. The highest BCUT2D eigenvalue weighted by Crippen LogP contribution is 2.28. The Hall–Kier alpha value is -2.64. The Balaban J connectivity index is 2.85. The van der Waals surface area contributed by atoms with Crippen LogP contribution < -0.4 is 10.1 Å². The van der Waals surface area contributed by atoms with E-state index in [1.54, 1.807) is 6.92 Å². The van der Waals surface area contributed by atoms with Crippen molar-refractivity contribution in [1.29, 1.82) is 0 Å². The lowest BCUT2D eigenvalue weighted by molar-refractivity contribution is -0.385. The van der Waals surface area contributed by atoms with Crippen molar-refractivity contribution >= 4 is 17.6 Å². The Morgan fingerprint density at radius 3 is 2.61 bits per heavy atom. The number of hydrogen-bond acceptors (Lipinski definition) is 6. The van der Waals surface area contributed by atoms with E-state index in [1.807, 2.05) is 6.92 Å². The van der Waals surface area contributed by atoms with Crippen LogP contribution in [-0.4, -0.2) is 36.1 Å². The van der Waals surface area contributed by atoms with E-state index in [0.717, 1.165) is 12.5 Å². The van der Waals surface area contributed by atoms with Crippen molar-refractivity contribution < 1.29 is 24.0 Å². The van der Waals surface area contributed by atoms with E-state index in [0.29, 0.717) is 6.54 Å². The highest BCUT2D eigenvalue weighted by molar-refractivity contribution is 5.93. The third kappa shape index (κ3) is 5.24. The van der Waals surface area contributed by atoms with Gasteiger partial charge in [-0.25, -0.2) is 4.79 Å². The molecule has 0 unspecified atom stereocenters. The second-order valence-electron chi connectivity index (χ2n) is 4.71. The van der Waals surface area contributed by atoms with Gasteiger partial charge in [-0.3, -0.25) is 14.9 Å². The first-order chi connectivity index (χ1) is 10.9. The maximum absolute atomic E-state index is 12.0. The van der Waals surface area contributed by atoms with Gasteiger partial charge in [0.05, 0.1) is 17.1 Å². The first-order valence-corrected chi connectivity index (χ1v) is 7.30. The summed E-state index contributed by atoms with van der Waals surface area (Å²) in [5.74, 6) is -1.15. The summed E-state index contributed by atoms with van der Waals surface area (Å²) in [4.78, 5) is 34.1. The smallest absolute Gasteiger partial charge is 0.339 e. The number of nitro benzene ring substituents is 1. The van der Waals surface area contributed by atoms with E-state index in [4.69, 9.17) is 9.47 Å². The summed E-state index contributed by atoms with van der Waals surface area (Å²) in [5, 5.41) is 13.6. The number of amides is 1. The van der Waals surface area contributed by atoms with Crippen LogP contribution in [0.15, 0.2) is 18.2 Å². The van der Waals surface area contributed by atoms with Crippen molar-refractivity contribution in [3.63, 3.8) is 0 Å². The van der Waals surface area contributed by atoms with Crippen LogP contribution in [0, 0.1) is 10.1 Å². The normalized spacial score (nSPS) is 11.4. The molecule has 0 heterocycles. The zero-order chi connectivity index (χ0) is 17.4. The molecule has 0 saturated carbocycles. The summed E-state index contributed by atoms with van der Waals surface area (Å²) in [5.41, 5.74) is -0.348. The second kappa shape index (κ2) is 8.72. The predicted molar refractivity (Wildman–Crippen MR) is 82.4 cm³/mol. The minimum atomic E-state index is -0.986. The van der Waals surface area contributed by atoms with Crippen molar-refractivity contribution in [2.24, 2.45) is 0 Å². The fraction of sp³-hybridized carbons (Fsp3) is 0.467. The minimum absolute atomic E-state index is 0.0182. The highest BCUT2D eigenvalue weighted by Gasteiger charge is 2.22. The standard InChI is InChI=1S/C15H20N2O6/c1-4-8-16-14(18)10(3)23-15(19)11-6-7-13(22-5-2)12(9-11)17(20)21/h6-7,9-10H,4-5,8H2,1-3H3,(H,16,18)/t10-/m0/s1. The molecule has 1 atom stereocenters. The summed E-state index contributed by atoms with van der Waals surface area (Å²) < 4.78 is 10.2. The summed E-state index contributed by atoms with van der Waals surface area (Å²) in [6.45, 7) is 5.78. The number of nitro groups is 1. The first-order valence-electron chi connectivity index (χ1n) is 7.30. The van der Waals surface area contributed by atoms with Gasteiger partial charge >= 0.3 is 11.7 Å². The topological polar surface area (TPSA) is 108 Å². The van der Waals surface area contributed by atoms with Gasteiger partial charge in [0.25, 0.3) is 5.91 Å². The van der Waals surface area contributed by atoms with E-state index in [2.05, 4.69) is 5.32 Å². The third-order valence-corrected chi connectivity index (χ3v) is 2.89. The number of esters is 1. The average Bonchev–Trinajstić information content (AvgIpc) is 2.52. The van der Waals surface area contributed by atoms with Crippen LogP contribution in [0.3, 0.4) is 0 Å². The van der Waals surface area contributed by atoms with Crippen molar-refractivity contribution in [3.05, 3.63) is 33.9 Å². The van der Waals surface area contributed by atoms with Gasteiger partial charge in [0.15, 0.2) is 11.9 Å². The van der Waals surface area contributed by atoms with Crippen LogP contribution in [0.25, 0.3) is 0 Å². The van der Waals surface area contributed by atoms with E-state index in [1.165, 1.54) is 19.1 Å². The molecule has 1 aromatic rings. The molecule has 0 fully saturated rings. The molecule has 0 radical (unpaired) electrons. The van der Waals surface area contributed by atoms with Gasteiger partial charge in [-0.05, 0) is 32.4 Å². The van der Waals surface area contributed by atoms with Crippen molar-refractivity contribution in [2.45, 2.75) is 33.3 Å². The third-order valence-electron chi connectivity index (χ3n) is 2.89. The maximum Gasteiger partial charge on any atom is 0.339 e. The number of ether oxygens (including phenoxy) is 2. The van der Waals surface area contributed by atoms with Gasteiger partial charge in [0, 0.05) is 12.6 Å². The molecule has 8 nitrogen and oxygen atoms in total. The van der Waals surface area contributed by atoms with E-state index >= 15 is 0 Å². The quantitative estimate of drug-likeness (QED) is 0.445. The van der Waals surface area contributed by atoms with Crippen LogP contribution in [0.2, 0.25) is 0 Å². The van der Waals surface area contributed by atoms with Crippen molar-refractivity contribution in [3.8, 4) is 5.75 Å². The second-order valence-corrected chi connectivity index (χ2v) is 4.71. The molecule has 0 aliphatic rings. The SMILES string of the molecule is CCCNC(=O)[C@H](C)OC(=O)c1ccc(OCC)c([N+](=O)[O-])c1. The van der Waals surface area contributed by atoms with Crippen LogP contribution >= 0.6 is 0 Å². The predicted octanol–water partition coefficient (Wildman–Crippen LogP) is 2.06. The Kier molecular flexibility index (Phi) is 6.98. The minimum Gasteiger partial charge on any atom is -0.487 e. The average molecular weight is 324 g/mol. The molecule has 0 spiro atoms. The van der Waals surface area contributed by atoms with Gasteiger partial charge < -0.3 is 14.8 Å². The summed E-state index contributed by atoms with van der Waals surface area (Å²) in [7, 11) is 0. The zero-order valence-electron chi connectivity index (χ0n) is 13.3. The lowest BCUT2D eigenvalue weighted by Gasteiger charge is -2.13. The largest absolute Gasteiger partial charge is 0.487 e. The molecule has 0 saturated heterocycles. The van der Waals surface area contributed by atoms with Crippen LogP contribution in [-0.2, 0) is 9.53 Å². The molecule has 1 amide bonds. The van der Waals surface area contributed by atoms with Gasteiger partial charge in [0.2, 0.25) is 0 Å². The molecule has 126 valence electrons. The Morgan fingerprint density at radius 2 is 2.04 bits per heavy atom. The molecule has 23 heavy (non-hydrogen) atoms. The molecular formula is C15H20N2O6. The molecular weight excluding hydrogens is 304 g/mol. The lowest BCUT2D eigenvalue weighted by atomic mass is 10.2. The van der Waals surface area contributed by atoms with Gasteiger partial charge in [-0.1, -0.05) is 6.92 Å². The number of hydrogen-bond donors (Lipinski definition) is 1. The lowest BCUT2D eigenvalue weighted by Crippen LogP contribution is -2.36. The van der Waals surface area contributed by atoms with Crippen LogP contribution in [0.5, 0.6) is 5.75 Å². The highest BCUT2D eigenvalue weighted by atomic mass is 16.6. The number of carbonyl (C=O) groups excluding carboxylic acids is 2. The monoisotopic (exact) mass is 324 g/mol. The van der Waals surface area contributed by atoms with Crippen LogP contribution in [0.1, 0.15) is 37.6 Å². The number of benzene rings is 1. The summed E-state index contributed by atoms with van der Waals surface area (Å²) in [6, 6.07) is 3.76. The first kappa shape index (κ1) is 18.4. The van der Waals surface area contributed by atoms with E-state index in [9.17, 15) is 19.7 Å². The fourth-order valence-electron chi connectivity index (χ4n) is 1.74. The molecule has 1 rings (SSSR count). The van der Waals surface area contributed by atoms with Gasteiger partial charge in [-0.15, -0.1) is 0 Å². The van der Waals surface area contributed by atoms with Gasteiger partial charge in [-0.2, -0.15) is 0 Å². The molecule has 1 N–H and O–H groups in total. The Bertz CT molecular complexity index is 587. The molecule has 0 aliphatic carbocycles. The summed E-state index contributed by atoms with van der Waals surface area (Å²) >= 11 is 0. The number of carbonyl (C=O) groups is 2. The zero-order valence-corrected chi connectivity index (χ0v) is 13.3. The van der Waals surface area contributed by atoms with E-state index in [-0.39, 0.29) is 23.6 Å². The number of nitrogens with one attached hydrogen (secondary N) is 1. The Labute approximate surface area is 133 Å².